The molecule has 29 heavy (non-hydrogen) atoms. The number of hydrogen-bond acceptors (Lipinski definition) is 5. The van der Waals surface area contributed by atoms with Crippen LogP contribution in [0.2, 0.25) is 0 Å². The maximum absolute atomic E-state index is 11.6. The second-order valence-corrected chi connectivity index (χ2v) is 7.46. The summed E-state index contributed by atoms with van der Waals surface area (Å²) in [6.45, 7) is 6.99. The first kappa shape index (κ1) is 18.7. The second-order valence-electron chi connectivity index (χ2n) is 7.46. The summed E-state index contributed by atoms with van der Waals surface area (Å²) in [6.07, 6.45) is 3.49. The number of aromatic amines is 1. The van der Waals surface area contributed by atoms with Crippen LogP contribution in [-0.2, 0) is 0 Å². The molecule has 4 aromatic rings. The minimum atomic E-state index is -0.438. The molecule has 4 N–H and O–H groups in total. The van der Waals surface area contributed by atoms with Gasteiger partial charge in [0.1, 0.15) is 5.69 Å². The van der Waals surface area contributed by atoms with Crippen LogP contribution in [0.3, 0.4) is 0 Å². The van der Waals surface area contributed by atoms with E-state index in [1.165, 1.54) is 0 Å². The molecule has 0 radical (unpaired) electrons. The molecule has 0 unspecified atom stereocenters. The third-order valence-corrected chi connectivity index (χ3v) is 4.73. The smallest absolute Gasteiger partial charge is 0.248 e. The maximum Gasteiger partial charge on any atom is 0.248 e. The average Bonchev–Trinajstić information content (AvgIpc) is 3.35. The highest BCUT2D eigenvalue weighted by atomic mass is 16.1. The highest BCUT2D eigenvalue weighted by Crippen LogP contribution is 2.28. The summed E-state index contributed by atoms with van der Waals surface area (Å²) >= 11 is 0. The summed E-state index contributed by atoms with van der Waals surface area (Å²) < 4.78 is 1.82. The Kier molecular flexibility index (Phi) is 4.75. The van der Waals surface area contributed by atoms with Gasteiger partial charge in [-0.1, -0.05) is 19.9 Å². The van der Waals surface area contributed by atoms with Crippen LogP contribution in [0.1, 0.15) is 29.8 Å². The van der Waals surface area contributed by atoms with Crippen molar-refractivity contribution < 1.29 is 4.79 Å². The molecule has 8 heteroatoms. The zero-order chi connectivity index (χ0) is 20.5. The summed E-state index contributed by atoms with van der Waals surface area (Å²) in [7, 11) is 0. The summed E-state index contributed by atoms with van der Waals surface area (Å²) in [5.41, 5.74) is 11.7. The van der Waals surface area contributed by atoms with E-state index in [4.69, 9.17) is 10.8 Å². The van der Waals surface area contributed by atoms with Crippen molar-refractivity contribution in [2.45, 2.75) is 20.8 Å². The molecule has 3 aromatic heterocycles. The Morgan fingerprint density at radius 1 is 1.28 bits per heavy atom. The highest BCUT2D eigenvalue weighted by molar-refractivity contribution is 5.95. The fourth-order valence-corrected chi connectivity index (χ4v) is 3.24. The van der Waals surface area contributed by atoms with Gasteiger partial charge in [0.15, 0.2) is 5.65 Å². The van der Waals surface area contributed by atoms with Gasteiger partial charge in [-0.15, -0.1) is 0 Å². The van der Waals surface area contributed by atoms with Gasteiger partial charge in [-0.25, -0.2) is 9.50 Å². The number of carbonyl (C=O) groups excluding carboxylic acids is 1. The van der Waals surface area contributed by atoms with Crippen molar-refractivity contribution in [3.63, 3.8) is 0 Å². The summed E-state index contributed by atoms with van der Waals surface area (Å²) in [4.78, 5) is 16.2. The Morgan fingerprint density at radius 3 is 2.76 bits per heavy atom. The first-order valence-electron chi connectivity index (χ1n) is 9.47. The first-order valence-corrected chi connectivity index (χ1v) is 9.47. The SMILES string of the molecule is Cc1cc(-c2cnc3c(NCC(C)C)cc(-c4ccn[nH]4)nn23)ccc1C(N)=O. The van der Waals surface area contributed by atoms with Crippen molar-refractivity contribution in [3.05, 3.63) is 53.9 Å². The van der Waals surface area contributed by atoms with Crippen molar-refractivity contribution >= 4 is 17.2 Å². The standard InChI is InChI=1S/C21H23N7O/c1-12(2)10-23-18-9-17(16-6-7-25-26-16)27-28-19(11-24-21(18)28)14-4-5-15(20(22)29)13(3)8-14/h4-9,11-12,23H,10H2,1-3H3,(H2,22,29)(H,25,26). The quantitative estimate of drug-likeness (QED) is 0.468. The predicted molar refractivity (Wildman–Crippen MR) is 113 cm³/mol. The van der Waals surface area contributed by atoms with E-state index < -0.39 is 5.91 Å². The predicted octanol–water partition coefficient (Wildman–Crippen LogP) is 3.26. The highest BCUT2D eigenvalue weighted by Gasteiger charge is 2.16. The van der Waals surface area contributed by atoms with Crippen molar-refractivity contribution in [1.29, 1.82) is 0 Å². The van der Waals surface area contributed by atoms with Gasteiger partial charge in [0, 0.05) is 23.9 Å². The fraction of sp³-hybridized carbons (Fsp3) is 0.238. The van der Waals surface area contributed by atoms with Crippen LogP contribution in [0.4, 0.5) is 5.69 Å². The number of benzene rings is 1. The number of anilines is 1. The lowest BCUT2D eigenvalue weighted by Gasteiger charge is -2.12. The van der Waals surface area contributed by atoms with E-state index in [1.807, 2.05) is 35.7 Å². The van der Waals surface area contributed by atoms with Gasteiger partial charge in [0.25, 0.3) is 0 Å². The molecule has 0 atom stereocenters. The molecule has 4 rings (SSSR count). The largest absolute Gasteiger partial charge is 0.382 e. The average molecular weight is 389 g/mol. The number of hydrogen-bond donors (Lipinski definition) is 3. The molecule has 0 spiro atoms. The molecular formula is C21H23N7O. The normalized spacial score (nSPS) is 11.3. The summed E-state index contributed by atoms with van der Waals surface area (Å²) in [5.74, 6) is 0.0456. The molecule has 0 fully saturated rings. The number of H-pyrrole nitrogens is 1. The van der Waals surface area contributed by atoms with Crippen LogP contribution in [0.5, 0.6) is 0 Å². The molecule has 0 saturated heterocycles. The Labute approximate surface area is 168 Å². The molecule has 1 amide bonds. The topological polar surface area (TPSA) is 114 Å². The number of nitrogens with one attached hydrogen (secondary N) is 2. The van der Waals surface area contributed by atoms with Gasteiger partial charge in [0.2, 0.25) is 5.91 Å². The van der Waals surface area contributed by atoms with E-state index in [0.717, 1.165) is 46.1 Å². The number of aryl methyl sites for hydroxylation is 1. The Balaban J connectivity index is 1.88. The number of fused-ring (bicyclic) bond motifs is 1. The van der Waals surface area contributed by atoms with E-state index in [-0.39, 0.29) is 0 Å². The van der Waals surface area contributed by atoms with Crippen LogP contribution in [0, 0.1) is 12.8 Å². The van der Waals surface area contributed by atoms with Gasteiger partial charge in [-0.3, -0.25) is 9.89 Å². The van der Waals surface area contributed by atoms with Gasteiger partial charge < -0.3 is 11.1 Å². The van der Waals surface area contributed by atoms with Crippen molar-refractivity contribution in [2.24, 2.45) is 11.7 Å². The monoisotopic (exact) mass is 389 g/mol. The third kappa shape index (κ3) is 3.56. The van der Waals surface area contributed by atoms with Crippen LogP contribution in [0.15, 0.2) is 42.7 Å². The van der Waals surface area contributed by atoms with Crippen molar-refractivity contribution in [3.8, 4) is 22.6 Å². The number of imidazole rings is 1. The number of nitrogens with zero attached hydrogens (tertiary/aromatic N) is 4. The molecule has 0 aliphatic carbocycles. The van der Waals surface area contributed by atoms with Gasteiger partial charge in [-0.05, 0) is 42.7 Å². The summed E-state index contributed by atoms with van der Waals surface area (Å²) in [5, 5.41) is 15.3. The third-order valence-electron chi connectivity index (χ3n) is 4.73. The van der Waals surface area contributed by atoms with Crippen molar-refractivity contribution in [2.75, 3.05) is 11.9 Å². The Hall–Kier alpha value is -3.68. The van der Waals surface area contributed by atoms with Crippen LogP contribution >= 0.6 is 0 Å². The molecule has 1 aromatic carbocycles. The van der Waals surface area contributed by atoms with E-state index in [1.54, 1.807) is 18.5 Å². The Morgan fingerprint density at radius 2 is 2.10 bits per heavy atom. The number of rotatable bonds is 6. The van der Waals surface area contributed by atoms with Gasteiger partial charge in [0.05, 0.1) is 23.3 Å². The lowest BCUT2D eigenvalue weighted by atomic mass is 10.0. The van der Waals surface area contributed by atoms with E-state index in [9.17, 15) is 4.79 Å². The molecule has 0 aliphatic rings. The number of primary amides is 1. The molecule has 8 nitrogen and oxygen atoms in total. The van der Waals surface area contributed by atoms with Gasteiger partial charge in [-0.2, -0.15) is 10.2 Å². The number of aromatic nitrogens is 5. The van der Waals surface area contributed by atoms with E-state index in [2.05, 4.69) is 34.3 Å². The molecule has 3 heterocycles. The molecular weight excluding hydrogens is 366 g/mol. The number of nitrogens with two attached hydrogens (primary N) is 1. The summed E-state index contributed by atoms with van der Waals surface area (Å²) in [6, 6.07) is 9.38. The van der Waals surface area contributed by atoms with Crippen LogP contribution in [0.25, 0.3) is 28.3 Å². The fourth-order valence-electron chi connectivity index (χ4n) is 3.24. The molecule has 0 aliphatic heterocycles. The zero-order valence-corrected chi connectivity index (χ0v) is 16.6. The van der Waals surface area contributed by atoms with Crippen molar-refractivity contribution in [1.82, 2.24) is 24.8 Å². The van der Waals surface area contributed by atoms with E-state index >= 15 is 0 Å². The van der Waals surface area contributed by atoms with E-state index in [0.29, 0.717) is 11.5 Å². The van der Waals surface area contributed by atoms with Crippen LogP contribution < -0.4 is 11.1 Å². The Bertz CT molecular complexity index is 1180. The minimum absolute atomic E-state index is 0.438. The number of amides is 1. The zero-order valence-electron chi connectivity index (χ0n) is 16.6. The number of carbonyl (C=O) groups is 1. The molecule has 0 bridgehead atoms. The maximum atomic E-state index is 11.6. The minimum Gasteiger partial charge on any atom is -0.382 e. The molecule has 0 saturated carbocycles. The van der Waals surface area contributed by atoms with Crippen LogP contribution in [-0.4, -0.2) is 37.2 Å². The lowest BCUT2D eigenvalue weighted by Crippen LogP contribution is -2.12. The van der Waals surface area contributed by atoms with Gasteiger partial charge >= 0.3 is 0 Å². The first-order chi connectivity index (χ1) is 13.9. The second kappa shape index (κ2) is 7.38. The lowest BCUT2D eigenvalue weighted by molar-refractivity contribution is 0.0999. The molecule has 148 valence electrons.